The molecule has 2 rings (SSSR count). The van der Waals surface area contributed by atoms with E-state index in [1.165, 1.54) is 12.1 Å². The Hall–Kier alpha value is -2.38. The standard InChI is InChI=1S/C18H18ClNO5S/c1-13-5-3-4-6-16(13)20(26(2,23)24)11-18(22)25-12-17(21)14-7-9-15(19)10-8-14/h3-10H,11-12H2,1-2H3. The van der Waals surface area contributed by atoms with Gasteiger partial charge >= 0.3 is 5.97 Å². The highest BCUT2D eigenvalue weighted by molar-refractivity contribution is 7.92. The van der Waals surface area contributed by atoms with Gasteiger partial charge in [-0.25, -0.2) is 8.42 Å². The molecule has 0 radical (unpaired) electrons. The van der Waals surface area contributed by atoms with E-state index in [0.29, 0.717) is 21.8 Å². The minimum atomic E-state index is -3.70. The van der Waals surface area contributed by atoms with E-state index < -0.39 is 34.9 Å². The van der Waals surface area contributed by atoms with Gasteiger partial charge in [-0.15, -0.1) is 0 Å². The van der Waals surface area contributed by atoms with E-state index in [1.807, 2.05) is 0 Å². The summed E-state index contributed by atoms with van der Waals surface area (Å²) in [6, 6.07) is 12.9. The molecule has 0 aromatic heterocycles. The molecule has 0 bridgehead atoms. The van der Waals surface area contributed by atoms with Crippen molar-refractivity contribution in [3.05, 3.63) is 64.7 Å². The van der Waals surface area contributed by atoms with Crippen molar-refractivity contribution in [2.24, 2.45) is 0 Å². The Bertz CT molecular complexity index is 909. The lowest BCUT2D eigenvalue weighted by Crippen LogP contribution is -2.36. The SMILES string of the molecule is Cc1ccccc1N(CC(=O)OCC(=O)c1ccc(Cl)cc1)S(C)(=O)=O. The van der Waals surface area contributed by atoms with Gasteiger partial charge in [0.2, 0.25) is 10.0 Å². The number of Topliss-reactive ketones (excluding diaryl/α,β-unsaturated/α-hetero) is 1. The molecule has 0 heterocycles. The van der Waals surface area contributed by atoms with Crippen molar-refractivity contribution in [3.8, 4) is 0 Å². The average molecular weight is 396 g/mol. The molecular formula is C18H18ClNO5S. The van der Waals surface area contributed by atoms with E-state index in [2.05, 4.69) is 0 Å². The number of benzene rings is 2. The van der Waals surface area contributed by atoms with Crippen LogP contribution in [0.15, 0.2) is 48.5 Å². The summed E-state index contributed by atoms with van der Waals surface area (Å²) in [6.45, 7) is 0.742. The third-order valence-electron chi connectivity index (χ3n) is 3.59. The van der Waals surface area contributed by atoms with Crippen molar-refractivity contribution >= 4 is 39.1 Å². The molecule has 0 amide bonds. The fourth-order valence-corrected chi connectivity index (χ4v) is 3.28. The maximum absolute atomic E-state index is 12.1. The number of nitrogens with zero attached hydrogens (tertiary/aromatic N) is 1. The summed E-state index contributed by atoms with van der Waals surface area (Å²) in [5.74, 6) is -1.22. The lowest BCUT2D eigenvalue weighted by atomic mass is 10.1. The van der Waals surface area contributed by atoms with Gasteiger partial charge < -0.3 is 4.74 Å². The summed E-state index contributed by atoms with van der Waals surface area (Å²) in [5, 5.41) is 0.487. The van der Waals surface area contributed by atoms with Gasteiger partial charge in [0, 0.05) is 10.6 Å². The van der Waals surface area contributed by atoms with Crippen LogP contribution in [-0.4, -0.2) is 39.6 Å². The first kappa shape index (κ1) is 19.9. The number of esters is 1. The first-order valence-corrected chi connectivity index (χ1v) is 9.89. The molecule has 2 aromatic rings. The Morgan fingerprint density at radius 3 is 2.27 bits per heavy atom. The number of rotatable bonds is 7. The number of hydrogen-bond acceptors (Lipinski definition) is 5. The van der Waals surface area contributed by atoms with Crippen LogP contribution in [-0.2, 0) is 19.6 Å². The van der Waals surface area contributed by atoms with Gasteiger partial charge in [-0.2, -0.15) is 0 Å². The molecular weight excluding hydrogens is 378 g/mol. The molecule has 0 N–H and O–H groups in total. The Morgan fingerprint density at radius 1 is 1.08 bits per heavy atom. The first-order valence-electron chi connectivity index (χ1n) is 7.66. The third-order valence-corrected chi connectivity index (χ3v) is 4.97. The van der Waals surface area contributed by atoms with Crippen molar-refractivity contribution in [1.29, 1.82) is 0 Å². The molecule has 6 nitrogen and oxygen atoms in total. The second kappa shape index (κ2) is 8.33. The number of ketones is 1. The van der Waals surface area contributed by atoms with Crippen LogP contribution in [0.4, 0.5) is 5.69 Å². The summed E-state index contributed by atoms with van der Waals surface area (Å²) in [7, 11) is -3.70. The number of halogens is 1. The molecule has 2 aromatic carbocycles. The fourth-order valence-electron chi connectivity index (χ4n) is 2.25. The van der Waals surface area contributed by atoms with Crippen LogP contribution in [0, 0.1) is 6.92 Å². The molecule has 0 aliphatic carbocycles. The van der Waals surface area contributed by atoms with E-state index in [0.717, 1.165) is 10.6 Å². The number of hydrogen-bond donors (Lipinski definition) is 0. The molecule has 0 saturated heterocycles. The van der Waals surface area contributed by atoms with Crippen LogP contribution in [0.3, 0.4) is 0 Å². The molecule has 0 spiro atoms. The first-order chi connectivity index (χ1) is 12.2. The summed E-state index contributed by atoms with van der Waals surface area (Å²) in [4.78, 5) is 24.1. The van der Waals surface area contributed by atoms with Crippen molar-refractivity contribution in [1.82, 2.24) is 0 Å². The highest BCUT2D eigenvalue weighted by Crippen LogP contribution is 2.21. The topological polar surface area (TPSA) is 80.8 Å². The monoisotopic (exact) mass is 395 g/mol. The largest absolute Gasteiger partial charge is 0.456 e. The van der Waals surface area contributed by atoms with Crippen molar-refractivity contribution in [2.45, 2.75) is 6.92 Å². The minimum absolute atomic E-state index is 0.348. The molecule has 138 valence electrons. The smallest absolute Gasteiger partial charge is 0.327 e. The number of carbonyl (C=O) groups is 2. The normalized spacial score (nSPS) is 11.0. The number of sulfonamides is 1. The second-order valence-corrected chi connectivity index (χ2v) is 7.99. The molecule has 0 saturated carbocycles. The van der Waals surface area contributed by atoms with E-state index in [9.17, 15) is 18.0 Å². The number of anilines is 1. The molecule has 0 aliphatic heterocycles. The van der Waals surface area contributed by atoms with Crippen molar-refractivity contribution in [2.75, 3.05) is 23.7 Å². The van der Waals surface area contributed by atoms with Crippen LogP contribution in [0.25, 0.3) is 0 Å². The number of ether oxygens (including phenoxy) is 1. The van der Waals surface area contributed by atoms with Gasteiger partial charge in [-0.1, -0.05) is 29.8 Å². The lowest BCUT2D eigenvalue weighted by Gasteiger charge is -2.23. The van der Waals surface area contributed by atoms with Crippen LogP contribution in [0.2, 0.25) is 5.02 Å². The Morgan fingerprint density at radius 2 is 1.69 bits per heavy atom. The Kier molecular flexibility index (Phi) is 6.39. The zero-order chi connectivity index (χ0) is 19.3. The van der Waals surface area contributed by atoms with Crippen molar-refractivity contribution < 1.29 is 22.7 Å². The van der Waals surface area contributed by atoms with E-state index in [1.54, 1.807) is 43.3 Å². The van der Waals surface area contributed by atoms with Crippen LogP contribution in [0.1, 0.15) is 15.9 Å². The molecule has 8 heteroatoms. The second-order valence-electron chi connectivity index (χ2n) is 5.65. The van der Waals surface area contributed by atoms with Crippen molar-refractivity contribution in [3.63, 3.8) is 0 Å². The number of aryl methyl sites for hydroxylation is 1. The third kappa shape index (κ3) is 5.31. The van der Waals surface area contributed by atoms with Crippen LogP contribution >= 0.6 is 11.6 Å². The van der Waals surface area contributed by atoms with Gasteiger partial charge in [0.05, 0.1) is 11.9 Å². The molecule has 0 aliphatic rings. The Balaban J connectivity index is 2.05. The molecule has 0 atom stereocenters. The van der Waals surface area contributed by atoms with E-state index >= 15 is 0 Å². The average Bonchev–Trinajstić information content (AvgIpc) is 2.58. The Labute approximate surface area is 157 Å². The van der Waals surface area contributed by atoms with Gasteiger partial charge in [-0.05, 0) is 42.8 Å². The van der Waals surface area contributed by atoms with Gasteiger partial charge in [-0.3, -0.25) is 13.9 Å². The van der Waals surface area contributed by atoms with Crippen LogP contribution in [0.5, 0.6) is 0 Å². The van der Waals surface area contributed by atoms with E-state index in [4.69, 9.17) is 16.3 Å². The summed E-state index contributed by atoms with van der Waals surface area (Å²) >= 11 is 5.76. The zero-order valence-corrected chi connectivity index (χ0v) is 15.9. The quantitative estimate of drug-likeness (QED) is 0.532. The fraction of sp³-hybridized carbons (Fsp3) is 0.222. The van der Waals surface area contributed by atoms with Crippen LogP contribution < -0.4 is 4.31 Å². The molecule has 0 fully saturated rings. The highest BCUT2D eigenvalue weighted by Gasteiger charge is 2.23. The predicted molar refractivity (Wildman–Crippen MR) is 100 cm³/mol. The van der Waals surface area contributed by atoms with Gasteiger partial charge in [0.25, 0.3) is 0 Å². The summed E-state index contributed by atoms with van der Waals surface area (Å²) in [6.07, 6.45) is 1.01. The maximum Gasteiger partial charge on any atom is 0.327 e. The molecule has 26 heavy (non-hydrogen) atoms. The number of para-hydroxylation sites is 1. The zero-order valence-electron chi connectivity index (χ0n) is 14.3. The maximum atomic E-state index is 12.1. The highest BCUT2D eigenvalue weighted by atomic mass is 35.5. The van der Waals surface area contributed by atoms with E-state index in [-0.39, 0.29) is 0 Å². The number of carbonyl (C=O) groups excluding carboxylic acids is 2. The molecule has 0 unspecified atom stereocenters. The minimum Gasteiger partial charge on any atom is -0.456 e. The predicted octanol–water partition coefficient (Wildman–Crippen LogP) is 2.84. The van der Waals surface area contributed by atoms with Gasteiger partial charge in [0.1, 0.15) is 6.54 Å². The van der Waals surface area contributed by atoms with Gasteiger partial charge in [0.15, 0.2) is 12.4 Å². The summed E-state index contributed by atoms with van der Waals surface area (Å²) in [5.41, 5.74) is 1.43. The summed E-state index contributed by atoms with van der Waals surface area (Å²) < 4.78 is 30.0. The lowest BCUT2D eigenvalue weighted by molar-refractivity contribution is -0.140.